The number of amidine groups is 1. The van der Waals surface area contributed by atoms with E-state index in [0.29, 0.717) is 26.1 Å². The Morgan fingerprint density at radius 2 is 2.18 bits per heavy atom. The molecule has 0 spiro atoms. The molecule has 0 aromatic rings. The Morgan fingerprint density at radius 1 is 1.59 bits per heavy atom. The summed E-state index contributed by atoms with van der Waals surface area (Å²) in [7, 11) is -3.12. The number of nitrogens with two attached hydrogens (primary N) is 1. The zero-order valence-electron chi connectivity index (χ0n) is 10.5. The maximum atomic E-state index is 11.3. The van der Waals surface area contributed by atoms with Gasteiger partial charge in [-0.05, 0) is 19.9 Å². The van der Waals surface area contributed by atoms with E-state index in [-0.39, 0.29) is 11.9 Å². The number of nitrogens with one attached hydrogen (secondary N) is 1. The van der Waals surface area contributed by atoms with Crippen LogP contribution in [-0.4, -0.2) is 55.7 Å². The standard InChI is InChI=1S/C9H22N4O3S/c1-4-13(17(3,15)16)7-5-6-11-8(2)9(10)12-14/h8,11,14H,4-7H2,1-3H3,(H2,10,12). The Labute approximate surface area is 103 Å². The summed E-state index contributed by atoms with van der Waals surface area (Å²) in [6.45, 7) is 5.10. The van der Waals surface area contributed by atoms with Gasteiger partial charge < -0.3 is 16.3 Å². The Bertz CT molecular complexity index is 342. The minimum atomic E-state index is -3.12. The lowest BCUT2D eigenvalue weighted by Crippen LogP contribution is -2.40. The highest BCUT2D eigenvalue weighted by atomic mass is 32.2. The van der Waals surface area contributed by atoms with Gasteiger partial charge in [-0.3, -0.25) is 0 Å². The SMILES string of the molecule is CCN(CCCNC(C)C(N)=NO)S(C)(=O)=O. The van der Waals surface area contributed by atoms with Gasteiger partial charge in [-0.1, -0.05) is 12.1 Å². The van der Waals surface area contributed by atoms with Crippen LogP contribution in [-0.2, 0) is 10.0 Å². The molecule has 0 heterocycles. The Kier molecular flexibility index (Phi) is 7.09. The second-order valence-corrected chi connectivity index (χ2v) is 5.79. The summed E-state index contributed by atoms with van der Waals surface area (Å²) in [5.41, 5.74) is 5.39. The van der Waals surface area contributed by atoms with E-state index in [9.17, 15) is 8.42 Å². The highest BCUT2D eigenvalue weighted by Crippen LogP contribution is 1.98. The fourth-order valence-corrected chi connectivity index (χ4v) is 2.25. The van der Waals surface area contributed by atoms with Gasteiger partial charge in [0, 0.05) is 13.1 Å². The maximum absolute atomic E-state index is 11.3. The monoisotopic (exact) mass is 266 g/mol. The maximum Gasteiger partial charge on any atom is 0.211 e. The second kappa shape index (κ2) is 7.46. The molecule has 0 amide bonds. The quantitative estimate of drug-likeness (QED) is 0.178. The van der Waals surface area contributed by atoms with E-state index >= 15 is 0 Å². The molecule has 0 aromatic carbocycles. The smallest absolute Gasteiger partial charge is 0.211 e. The van der Waals surface area contributed by atoms with Crippen molar-refractivity contribution in [3.8, 4) is 0 Å². The second-order valence-electron chi connectivity index (χ2n) is 3.81. The summed E-state index contributed by atoms with van der Waals surface area (Å²) >= 11 is 0. The van der Waals surface area contributed by atoms with E-state index in [2.05, 4.69) is 10.5 Å². The van der Waals surface area contributed by atoms with Crippen LogP contribution in [0.4, 0.5) is 0 Å². The first kappa shape index (κ1) is 16.1. The predicted octanol–water partition coefficient (Wildman–Crippen LogP) is -0.617. The molecule has 0 aliphatic carbocycles. The summed E-state index contributed by atoms with van der Waals surface area (Å²) in [5, 5.41) is 14.3. The summed E-state index contributed by atoms with van der Waals surface area (Å²) < 4.78 is 24.0. The predicted molar refractivity (Wildman–Crippen MR) is 67.6 cm³/mol. The van der Waals surface area contributed by atoms with Crippen LogP contribution in [0.15, 0.2) is 5.16 Å². The van der Waals surface area contributed by atoms with Gasteiger partial charge in [0.2, 0.25) is 10.0 Å². The largest absolute Gasteiger partial charge is 0.409 e. The van der Waals surface area contributed by atoms with Crippen molar-refractivity contribution in [3.63, 3.8) is 0 Å². The molecular formula is C9H22N4O3S. The van der Waals surface area contributed by atoms with Crippen molar-refractivity contribution in [2.75, 3.05) is 25.9 Å². The van der Waals surface area contributed by atoms with Crippen LogP contribution in [0.25, 0.3) is 0 Å². The van der Waals surface area contributed by atoms with Gasteiger partial charge in [0.1, 0.15) is 0 Å². The molecule has 0 aliphatic heterocycles. The summed E-state index contributed by atoms with van der Waals surface area (Å²) in [6.07, 6.45) is 1.87. The van der Waals surface area contributed by atoms with Crippen molar-refractivity contribution in [1.29, 1.82) is 0 Å². The van der Waals surface area contributed by atoms with Gasteiger partial charge in [0.05, 0.1) is 12.3 Å². The molecule has 0 aliphatic rings. The highest BCUT2D eigenvalue weighted by Gasteiger charge is 2.13. The molecule has 8 heteroatoms. The molecule has 0 fully saturated rings. The van der Waals surface area contributed by atoms with Gasteiger partial charge in [0.15, 0.2) is 5.84 Å². The van der Waals surface area contributed by atoms with Crippen LogP contribution >= 0.6 is 0 Å². The normalized spacial score (nSPS) is 15.2. The number of sulfonamides is 1. The molecular weight excluding hydrogens is 244 g/mol. The summed E-state index contributed by atoms with van der Waals surface area (Å²) in [6, 6.07) is -0.228. The first-order chi connectivity index (χ1) is 7.82. The molecule has 0 saturated carbocycles. The molecule has 102 valence electrons. The highest BCUT2D eigenvalue weighted by molar-refractivity contribution is 7.88. The minimum absolute atomic E-state index is 0.112. The fraction of sp³-hybridized carbons (Fsp3) is 0.889. The average molecular weight is 266 g/mol. The molecule has 0 bridgehead atoms. The molecule has 0 saturated heterocycles. The first-order valence-electron chi connectivity index (χ1n) is 5.48. The van der Waals surface area contributed by atoms with Gasteiger partial charge in [-0.15, -0.1) is 0 Å². The van der Waals surface area contributed by atoms with Crippen molar-refractivity contribution >= 4 is 15.9 Å². The number of rotatable bonds is 8. The lowest BCUT2D eigenvalue weighted by molar-refractivity contribution is 0.315. The van der Waals surface area contributed by atoms with Crippen LogP contribution in [0.3, 0.4) is 0 Å². The number of oxime groups is 1. The number of hydrogen-bond donors (Lipinski definition) is 3. The molecule has 0 radical (unpaired) electrons. The zero-order chi connectivity index (χ0) is 13.5. The minimum Gasteiger partial charge on any atom is -0.409 e. The first-order valence-corrected chi connectivity index (χ1v) is 7.33. The van der Waals surface area contributed by atoms with Gasteiger partial charge in [0.25, 0.3) is 0 Å². The van der Waals surface area contributed by atoms with E-state index in [0.717, 1.165) is 0 Å². The molecule has 17 heavy (non-hydrogen) atoms. The van der Waals surface area contributed by atoms with Crippen LogP contribution < -0.4 is 11.1 Å². The Morgan fingerprint density at radius 3 is 2.59 bits per heavy atom. The van der Waals surface area contributed by atoms with Crippen molar-refractivity contribution < 1.29 is 13.6 Å². The number of nitrogens with zero attached hydrogens (tertiary/aromatic N) is 2. The molecule has 0 aromatic heterocycles. The van der Waals surface area contributed by atoms with Crippen LogP contribution in [0.5, 0.6) is 0 Å². The van der Waals surface area contributed by atoms with Crippen LogP contribution in [0, 0.1) is 0 Å². The third-order valence-corrected chi connectivity index (χ3v) is 3.79. The molecule has 1 atom stereocenters. The van der Waals surface area contributed by atoms with E-state index in [1.807, 2.05) is 0 Å². The molecule has 0 rings (SSSR count). The fourth-order valence-electron chi connectivity index (χ4n) is 1.32. The summed E-state index contributed by atoms with van der Waals surface area (Å²) in [4.78, 5) is 0. The lowest BCUT2D eigenvalue weighted by Gasteiger charge is -2.18. The average Bonchev–Trinajstić information content (AvgIpc) is 2.25. The van der Waals surface area contributed by atoms with E-state index in [4.69, 9.17) is 10.9 Å². The van der Waals surface area contributed by atoms with Crippen molar-refractivity contribution in [2.45, 2.75) is 26.3 Å². The summed E-state index contributed by atoms with van der Waals surface area (Å²) in [5.74, 6) is 0.112. The van der Waals surface area contributed by atoms with Crippen molar-refractivity contribution in [1.82, 2.24) is 9.62 Å². The van der Waals surface area contributed by atoms with Gasteiger partial charge >= 0.3 is 0 Å². The van der Waals surface area contributed by atoms with Gasteiger partial charge in [-0.25, -0.2) is 12.7 Å². The third kappa shape index (κ3) is 6.44. The van der Waals surface area contributed by atoms with Crippen LogP contribution in [0.1, 0.15) is 20.3 Å². The number of hydrogen-bond acceptors (Lipinski definition) is 5. The van der Waals surface area contributed by atoms with E-state index in [1.165, 1.54) is 10.6 Å². The topological polar surface area (TPSA) is 108 Å². The molecule has 4 N–H and O–H groups in total. The molecule has 1 unspecified atom stereocenters. The van der Waals surface area contributed by atoms with E-state index in [1.54, 1.807) is 13.8 Å². The van der Waals surface area contributed by atoms with Crippen molar-refractivity contribution in [3.05, 3.63) is 0 Å². The lowest BCUT2D eigenvalue weighted by atomic mass is 10.3. The van der Waals surface area contributed by atoms with Gasteiger partial charge in [-0.2, -0.15) is 0 Å². The van der Waals surface area contributed by atoms with Crippen molar-refractivity contribution in [2.24, 2.45) is 10.9 Å². The Hall–Kier alpha value is -0.860. The third-order valence-electron chi connectivity index (χ3n) is 2.42. The molecule has 7 nitrogen and oxygen atoms in total. The Balaban J connectivity index is 3.93. The van der Waals surface area contributed by atoms with Crippen LogP contribution in [0.2, 0.25) is 0 Å². The zero-order valence-corrected chi connectivity index (χ0v) is 11.4. The van der Waals surface area contributed by atoms with E-state index < -0.39 is 10.0 Å².